The SMILES string of the molecule is Cc1c[nH]n2c(=O)cc(CC(C)C)nc12. The van der Waals surface area contributed by atoms with Crippen molar-refractivity contribution in [2.75, 3.05) is 0 Å². The zero-order chi connectivity index (χ0) is 11.0. The van der Waals surface area contributed by atoms with E-state index in [0.29, 0.717) is 5.92 Å². The highest BCUT2D eigenvalue weighted by atomic mass is 16.1. The second kappa shape index (κ2) is 3.53. The minimum atomic E-state index is -0.0382. The zero-order valence-corrected chi connectivity index (χ0v) is 9.24. The van der Waals surface area contributed by atoms with Gasteiger partial charge in [0.2, 0.25) is 0 Å². The molecule has 2 rings (SSSR count). The Hall–Kier alpha value is -1.58. The van der Waals surface area contributed by atoms with Gasteiger partial charge >= 0.3 is 0 Å². The lowest BCUT2D eigenvalue weighted by Crippen LogP contribution is -2.16. The van der Waals surface area contributed by atoms with Gasteiger partial charge in [-0.25, -0.2) is 9.50 Å². The molecule has 2 heterocycles. The Morgan fingerprint density at radius 2 is 2.27 bits per heavy atom. The second-order valence-electron chi connectivity index (χ2n) is 4.30. The number of hydrogen-bond donors (Lipinski definition) is 1. The van der Waals surface area contributed by atoms with Crippen molar-refractivity contribution in [3.8, 4) is 0 Å². The first-order chi connectivity index (χ1) is 7.08. The molecule has 0 aliphatic rings. The Labute approximate surface area is 87.9 Å². The molecule has 4 nitrogen and oxygen atoms in total. The van der Waals surface area contributed by atoms with Crippen molar-refractivity contribution in [3.05, 3.63) is 33.9 Å². The van der Waals surface area contributed by atoms with Crippen LogP contribution in [0.2, 0.25) is 0 Å². The summed E-state index contributed by atoms with van der Waals surface area (Å²) in [5, 5.41) is 2.88. The molecule has 0 amide bonds. The van der Waals surface area contributed by atoms with Gasteiger partial charge in [-0.2, -0.15) is 0 Å². The summed E-state index contributed by atoms with van der Waals surface area (Å²) in [6.07, 6.45) is 2.64. The van der Waals surface area contributed by atoms with E-state index in [9.17, 15) is 4.79 Å². The van der Waals surface area contributed by atoms with Crippen LogP contribution >= 0.6 is 0 Å². The number of H-pyrrole nitrogens is 1. The van der Waals surface area contributed by atoms with Crippen LogP contribution in [-0.2, 0) is 6.42 Å². The molecule has 2 aromatic heterocycles. The first-order valence-corrected chi connectivity index (χ1v) is 5.14. The topological polar surface area (TPSA) is 50.2 Å². The first kappa shape index (κ1) is 9.96. The van der Waals surface area contributed by atoms with Gasteiger partial charge in [-0.3, -0.25) is 9.89 Å². The summed E-state index contributed by atoms with van der Waals surface area (Å²) in [6.45, 7) is 6.18. The molecule has 0 aliphatic heterocycles. The third-order valence-corrected chi connectivity index (χ3v) is 2.35. The predicted octanol–water partition coefficient (Wildman–Crippen LogP) is 1.53. The molecule has 0 saturated heterocycles. The van der Waals surface area contributed by atoms with Crippen LogP contribution in [0.1, 0.15) is 25.1 Å². The van der Waals surface area contributed by atoms with Crippen molar-refractivity contribution in [3.63, 3.8) is 0 Å². The second-order valence-corrected chi connectivity index (χ2v) is 4.30. The molecular weight excluding hydrogens is 190 g/mol. The number of aromatic nitrogens is 3. The van der Waals surface area contributed by atoms with E-state index in [1.807, 2.05) is 6.92 Å². The summed E-state index contributed by atoms with van der Waals surface area (Å²) < 4.78 is 1.47. The number of nitrogens with one attached hydrogen (secondary N) is 1. The zero-order valence-electron chi connectivity index (χ0n) is 9.24. The van der Waals surface area contributed by atoms with Gasteiger partial charge in [0.05, 0.1) is 0 Å². The van der Waals surface area contributed by atoms with Gasteiger partial charge in [0, 0.05) is 23.5 Å². The monoisotopic (exact) mass is 205 g/mol. The van der Waals surface area contributed by atoms with E-state index in [1.54, 1.807) is 12.3 Å². The largest absolute Gasteiger partial charge is 0.297 e. The first-order valence-electron chi connectivity index (χ1n) is 5.14. The van der Waals surface area contributed by atoms with Crippen LogP contribution in [0, 0.1) is 12.8 Å². The number of hydrogen-bond acceptors (Lipinski definition) is 2. The van der Waals surface area contributed by atoms with Crippen molar-refractivity contribution >= 4 is 5.65 Å². The minimum Gasteiger partial charge on any atom is -0.297 e. The van der Waals surface area contributed by atoms with Gasteiger partial charge in [-0.05, 0) is 19.3 Å². The summed E-state index contributed by atoms with van der Waals surface area (Å²) in [5.74, 6) is 0.513. The third-order valence-electron chi connectivity index (χ3n) is 2.35. The quantitative estimate of drug-likeness (QED) is 0.808. The van der Waals surface area contributed by atoms with Crippen LogP contribution in [0.3, 0.4) is 0 Å². The Morgan fingerprint density at radius 1 is 1.53 bits per heavy atom. The van der Waals surface area contributed by atoms with Gasteiger partial charge in [0.1, 0.15) is 0 Å². The van der Waals surface area contributed by atoms with E-state index in [1.165, 1.54) is 4.52 Å². The lowest BCUT2D eigenvalue weighted by Gasteiger charge is -2.03. The molecule has 0 aromatic carbocycles. The molecule has 4 heteroatoms. The highest BCUT2D eigenvalue weighted by Gasteiger charge is 2.06. The summed E-state index contributed by atoms with van der Waals surface area (Å²) >= 11 is 0. The van der Waals surface area contributed by atoms with E-state index in [-0.39, 0.29) is 5.56 Å². The Balaban J connectivity index is 2.60. The minimum absolute atomic E-state index is 0.0382. The summed E-state index contributed by atoms with van der Waals surface area (Å²) in [7, 11) is 0. The Kier molecular flexibility index (Phi) is 2.34. The fourth-order valence-electron chi connectivity index (χ4n) is 1.67. The smallest absolute Gasteiger partial charge is 0.272 e. The highest BCUT2D eigenvalue weighted by molar-refractivity contribution is 5.45. The molecule has 0 unspecified atom stereocenters. The molecule has 15 heavy (non-hydrogen) atoms. The van der Waals surface area contributed by atoms with E-state index < -0.39 is 0 Å². The summed E-state index contributed by atoms with van der Waals surface area (Å²) in [6, 6.07) is 1.60. The Bertz CT molecular complexity index is 536. The standard InChI is InChI=1S/C11H15N3O/c1-7(2)4-9-5-10(15)14-11(13-9)8(3)6-12-14/h5-7,12H,4H2,1-3H3. The highest BCUT2D eigenvalue weighted by Crippen LogP contribution is 2.07. The number of fused-ring (bicyclic) bond motifs is 1. The molecule has 80 valence electrons. The normalized spacial score (nSPS) is 11.5. The maximum absolute atomic E-state index is 11.7. The van der Waals surface area contributed by atoms with Crippen LogP contribution in [0.15, 0.2) is 17.1 Å². The summed E-state index contributed by atoms with van der Waals surface area (Å²) in [5.41, 5.74) is 2.57. The van der Waals surface area contributed by atoms with Crippen molar-refractivity contribution in [2.24, 2.45) is 5.92 Å². The molecule has 0 fully saturated rings. The van der Waals surface area contributed by atoms with E-state index in [2.05, 4.69) is 23.9 Å². The fraction of sp³-hybridized carbons (Fsp3) is 0.455. The van der Waals surface area contributed by atoms with E-state index >= 15 is 0 Å². The van der Waals surface area contributed by atoms with Gasteiger partial charge in [-0.15, -0.1) is 0 Å². The molecule has 0 saturated carbocycles. The molecule has 0 spiro atoms. The van der Waals surface area contributed by atoms with Crippen LogP contribution in [-0.4, -0.2) is 14.6 Å². The number of aromatic amines is 1. The van der Waals surface area contributed by atoms with Crippen LogP contribution in [0.5, 0.6) is 0 Å². The average molecular weight is 205 g/mol. The van der Waals surface area contributed by atoms with Gasteiger partial charge in [0.15, 0.2) is 5.65 Å². The molecule has 0 atom stereocenters. The molecule has 0 aliphatic carbocycles. The van der Waals surface area contributed by atoms with Crippen LogP contribution in [0.25, 0.3) is 5.65 Å². The van der Waals surface area contributed by atoms with Crippen LogP contribution < -0.4 is 5.56 Å². The predicted molar refractivity (Wildman–Crippen MR) is 59.1 cm³/mol. The van der Waals surface area contributed by atoms with Gasteiger partial charge in [-0.1, -0.05) is 13.8 Å². The number of nitrogens with zero attached hydrogens (tertiary/aromatic N) is 2. The van der Waals surface area contributed by atoms with Gasteiger partial charge in [0.25, 0.3) is 5.56 Å². The van der Waals surface area contributed by atoms with Crippen LogP contribution in [0.4, 0.5) is 0 Å². The van der Waals surface area contributed by atoms with Crippen molar-refractivity contribution in [1.29, 1.82) is 0 Å². The Morgan fingerprint density at radius 3 is 2.93 bits per heavy atom. The molecule has 1 N–H and O–H groups in total. The van der Waals surface area contributed by atoms with E-state index in [4.69, 9.17) is 0 Å². The van der Waals surface area contributed by atoms with Crippen molar-refractivity contribution < 1.29 is 0 Å². The molecule has 2 aromatic rings. The summed E-state index contributed by atoms with van der Waals surface area (Å²) in [4.78, 5) is 16.2. The lowest BCUT2D eigenvalue weighted by atomic mass is 10.1. The van der Waals surface area contributed by atoms with Crippen molar-refractivity contribution in [2.45, 2.75) is 27.2 Å². The molecule has 0 radical (unpaired) electrons. The number of aryl methyl sites for hydroxylation is 1. The van der Waals surface area contributed by atoms with E-state index in [0.717, 1.165) is 23.3 Å². The fourth-order valence-corrected chi connectivity index (χ4v) is 1.67. The molecular formula is C11H15N3O. The third kappa shape index (κ3) is 1.79. The maximum Gasteiger partial charge on any atom is 0.272 e. The average Bonchev–Trinajstić information content (AvgIpc) is 2.47. The van der Waals surface area contributed by atoms with Gasteiger partial charge < -0.3 is 0 Å². The maximum atomic E-state index is 11.7. The molecule has 0 bridgehead atoms. The number of rotatable bonds is 2. The van der Waals surface area contributed by atoms with Crippen molar-refractivity contribution in [1.82, 2.24) is 14.6 Å². The lowest BCUT2D eigenvalue weighted by molar-refractivity contribution is 0.633.